The number of nitrogens with one attached hydrogen (secondary N) is 1. The molecule has 1 aliphatic heterocycles. The van der Waals surface area contributed by atoms with Crippen LogP contribution in [0.5, 0.6) is 0 Å². The minimum Gasteiger partial charge on any atom is -0.314 e. The molecule has 1 rings (SSSR count). The van der Waals surface area contributed by atoms with Gasteiger partial charge in [0.25, 0.3) is 0 Å². The maximum atomic E-state index is 12.1. The molecule has 100 valence electrons. The summed E-state index contributed by atoms with van der Waals surface area (Å²) in [5.41, 5.74) is 1.00. The molecule has 0 spiro atoms. The number of ketones is 1. The predicted molar refractivity (Wildman–Crippen MR) is 77.5 cm³/mol. The molecule has 0 aromatic rings. The third-order valence-electron chi connectivity index (χ3n) is 3.62. The van der Waals surface area contributed by atoms with Crippen molar-refractivity contribution in [2.45, 2.75) is 45.1 Å². The molecule has 0 aliphatic carbocycles. The molecule has 2 unspecified atom stereocenters. The van der Waals surface area contributed by atoms with Crippen molar-refractivity contribution in [1.29, 1.82) is 0 Å². The van der Waals surface area contributed by atoms with Gasteiger partial charge in [0.05, 0.1) is 0 Å². The molecule has 0 amide bonds. The molecule has 0 aromatic heterocycles. The van der Waals surface area contributed by atoms with Crippen molar-refractivity contribution in [2.24, 2.45) is 5.92 Å². The molecule has 0 aromatic carbocycles. The molecular weight excluding hydrogens is 222 g/mol. The molecule has 18 heavy (non-hydrogen) atoms. The number of hydrogen-bond donors (Lipinski definition) is 1. The van der Waals surface area contributed by atoms with Gasteiger partial charge in [0, 0.05) is 18.4 Å². The topological polar surface area (TPSA) is 29.1 Å². The highest BCUT2D eigenvalue weighted by molar-refractivity contribution is 5.84. The van der Waals surface area contributed by atoms with Crippen molar-refractivity contribution in [3.8, 4) is 0 Å². The number of carbonyl (C=O) groups is 1. The van der Waals surface area contributed by atoms with Crippen molar-refractivity contribution in [2.75, 3.05) is 6.54 Å². The molecule has 0 bridgehead atoms. The highest BCUT2D eigenvalue weighted by atomic mass is 16.1. The van der Waals surface area contributed by atoms with Crippen molar-refractivity contribution < 1.29 is 4.79 Å². The Labute approximate surface area is 111 Å². The first-order valence-corrected chi connectivity index (χ1v) is 6.94. The van der Waals surface area contributed by atoms with E-state index in [4.69, 9.17) is 0 Å². The summed E-state index contributed by atoms with van der Waals surface area (Å²) >= 11 is 0. The molecule has 0 radical (unpaired) electrons. The second-order valence-corrected chi connectivity index (χ2v) is 4.86. The van der Waals surface area contributed by atoms with Crippen LogP contribution in [-0.2, 0) is 4.79 Å². The lowest BCUT2D eigenvalue weighted by molar-refractivity contribution is -0.121. The van der Waals surface area contributed by atoms with Gasteiger partial charge >= 0.3 is 0 Å². The Morgan fingerprint density at radius 2 is 2.22 bits per heavy atom. The normalized spacial score (nSPS) is 22.3. The zero-order valence-corrected chi connectivity index (χ0v) is 11.5. The Morgan fingerprint density at radius 1 is 1.44 bits per heavy atom. The Hall–Kier alpha value is -1.15. The molecule has 1 heterocycles. The zero-order valence-electron chi connectivity index (χ0n) is 11.5. The van der Waals surface area contributed by atoms with Crippen LogP contribution >= 0.6 is 0 Å². The van der Waals surface area contributed by atoms with E-state index in [9.17, 15) is 4.79 Å². The van der Waals surface area contributed by atoms with Crippen molar-refractivity contribution in [3.63, 3.8) is 0 Å². The molecule has 1 fully saturated rings. The average Bonchev–Trinajstić information content (AvgIpc) is 2.43. The van der Waals surface area contributed by atoms with Gasteiger partial charge in [-0.05, 0) is 31.4 Å². The molecule has 2 nitrogen and oxygen atoms in total. The largest absolute Gasteiger partial charge is 0.314 e. The lowest BCUT2D eigenvalue weighted by Gasteiger charge is -2.27. The van der Waals surface area contributed by atoms with E-state index in [-0.39, 0.29) is 5.92 Å². The van der Waals surface area contributed by atoms with Crippen LogP contribution < -0.4 is 5.32 Å². The van der Waals surface area contributed by atoms with Gasteiger partial charge in [0.1, 0.15) is 5.78 Å². The van der Waals surface area contributed by atoms with Crippen LogP contribution in [0.25, 0.3) is 0 Å². The number of Topliss-reactive ketones (excluding diaryl/α,β-unsaturated/α-hetero) is 1. The second kappa shape index (κ2) is 8.04. The van der Waals surface area contributed by atoms with E-state index < -0.39 is 0 Å². The third-order valence-corrected chi connectivity index (χ3v) is 3.62. The summed E-state index contributed by atoms with van der Waals surface area (Å²) in [5, 5.41) is 3.51. The lowest BCUT2D eigenvalue weighted by Crippen LogP contribution is -2.37. The fraction of sp³-hybridized carbons (Fsp3) is 0.562. The Morgan fingerprint density at radius 3 is 2.72 bits per heavy atom. The van der Waals surface area contributed by atoms with Gasteiger partial charge in [-0.15, -0.1) is 0 Å². The molecule has 2 atom stereocenters. The Bertz CT molecular complexity index is 324. The van der Waals surface area contributed by atoms with Gasteiger partial charge in [-0.3, -0.25) is 4.79 Å². The van der Waals surface area contributed by atoms with Gasteiger partial charge in [-0.1, -0.05) is 44.7 Å². The highest BCUT2D eigenvalue weighted by Gasteiger charge is 2.24. The monoisotopic (exact) mass is 247 g/mol. The van der Waals surface area contributed by atoms with Crippen LogP contribution in [0, 0.1) is 5.92 Å². The lowest BCUT2D eigenvalue weighted by atomic mass is 9.84. The summed E-state index contributed by atoms with van der Waals surface area (Å²) in [6, 6.07) is 0.465. The van der Waals surface area contributed by atoms with E-state index >= 15 is 0 Å². The summed E-state index contributed by atoms with van der Waals surface area (Å²) in [7, 11) is 0. The summed E-state index contributed by atoms with van der Waals surface area (Å²) in [5.74, 6) is 0.275. The van der Waals surface area contributed by atoms with Crippen molar-refractivity contribution >= 4 is 5.78 Å². The van der Waals surface area contributed by atoms with Gasteiger partial charge in [0.15, 0.2) is 0 Å². The third kappa shape index (κ3) is 4.26. The Kier molecular flexibility index (Phi) is 6.66. The molecular formula is C16H25NO. The maximum absolute atomic E-state index is 12.1. The fourth-order valence-corrected chi connectivity index (χ4v) is 2.57. The van der Waals surface area contributed by atoms with Crippen molar-refractivity contribution in [3.05, 3.63) is 37.0 Å². The SMILES string of the molecule is C=C/C=C(\C=C)C(CC1CCCCN1)C(=O)CC. The fourth-order valence-electron chi connectivity index (χ4n) is 2.57. The second-order valence-electron chi connectivity index (χ2n) is 4.86. The van der Waals surface area contributed by atoms with E-state index in [0.717, 1.165) is 18.5 Å². The quantitative estimate of drug-likeness (QED) is 0.698. The van der Waals surface area contributed by atoms with E-state index in [1.165, 1.54) is 19.3 Å². The van der Waals surface area contributed by atoms with Gasteiger partial charge < -0.3 is 5.32 Å². The standard InChI is InChI=1S/C16H25NO/c1-4-9-13(5-2)15(16(18)6-3)12-14-10-7-8-11-17-14/h4-5,9,14-15,17H,1-2,6-8,10-12H2,3H3/b13-9+. The molecule has 1 N–H and O–H groups in total. The first-order chi connectivity index (χ1) is 8.72. The van der Waals surface area contributed by atoms with Crippen LogP contribution in [0.15, 0.2) is 37.0 Å². The van der Waals surface area contributed by atoms with Crippen LogP contribution in [0.2, 0.25) is 0 Å². The zero-order chi connectivity index (χ0) is 13.4. The van der Waals surface area contributed by atoms with E-state index in [1.54, 1.807) is 12.2 Å². The van der Waals surface area contributed by atoms with E-state index in [1.807, 2.05) is 13.0 Å². The van der Waals surface area contributed by atoms with Gasteiger partial charge in [0.2, 0.25) is 0 Å². The number of hydrogen-bond acceptors (Lipinski definition) is 2. The average molecular weight is 247 g/mol. The number of piperidine rings is 1. The molecule has 0 saturated carbocycles. The number of allylic oxidation sites excluding steroid dienone is 4. The summed E-state index contributed by atoms with van der Waals surface area (Å²) in [6.45, 7) is 10.5. The van der Waals surface area contributed by atoms with Crippen LogP contribution in [-0.4, -0.2) is 18.4 Å². The number of rotatable bonds is 7. The van der Waals surface area contributed by atoms with Gasteiger partial charge in [-0.25, -0.2) is 0 Å². The Balaban J connectivity index is 2.76. The van der Waals surface area contributed by atoms with Crippen LogP contribution in [0.3, 0.4) is 0 Å². The van der Waals surface area contributed by atoms with E-state index in [0.29, 0.717) is 18.2 Å². The van der Waals surface area contributed by atoms with Gasteiger partial charge in [-0.2, -0.15) is 0 Å². The molecule has 1 saturated heterocycles. The summed E-state index contributed by atoms with van der Waals surface area (Å²) in [4.78, 5) is 12.1. The van der Waals surface area contributed by atoms with Crippen molar-refractivity contribution in [1.82, 2.24) is 5.32 Å². The smallest absolute Gasteiger partial charge is 0.140 e. The highest BCUT2D eigenvalue weighted by Crippen LogP contribution is 2.24. The maximum Gasteiger partial charge on any atom is 0.140 e. The minimum absolute atomic E-state index is 0.0268. The first-order valence-electron chi connectivity index (χ1n) is 6.94. The van der Waals surface area contributed by atoms with Crippen LogP contribution in [0.4, 0.5) is 0 Å². The van der Waals surface area contributed by atoms with Crippen LogP contribution in [0.1, 0.15) is 39.0 Å². The first kappa shape index (κ1) is 14.9. The predicted octanol–water partition coefficient (Wildman–Crippen LogP) is 3.41. The molecule has 1 aliphatic rings. The number of carbonyl (C=O) groups excluding carboxylic acids is 1. The van der Waals surface area contributed by atoms with E-state index in [2.05, 4.69) is 18.5 Å². The summed E-state index contributed by atoms with van der Waals surface area (Å²) in [6.07, 6.45) is 10.6. The summed E-state index contributed by atoms with van der Waals surface area (Å²) < 4.78 is 0. The minimum atomic E-state index is -0.0268. The molecule has 2 heteroatoms.